The van der Waals surface area contributed by atoms with Gasteiger partial charge in [-0.25, -0.2) is 19.2 Å². The monoisotopic (exact) mass is 524 g/mol. The van der Waals surface area contributed by atoms with Gasteiger partial charge in [-0.2, -0.15) is 0 Å². The van der Waals surface area contributed by atoms with E-state index in [9.17, 15) is 19.2 Å². The Morgan fingerprint density at radius 3 is 1.46 bits per heavy atom. The van der Waals surface area contributed by atoms with Crippen LogP contribution in [0.4, 0.5) is 0 Å². The van der Waals surface area contributed by atoms with Crippen molar-refractivity contribution in [2.45, 2.75) is 26.7 Å². The van der Waals surface area contributed by atoms with E-state index in [1.807, 2.05) is 13.8 Å². The third kappa shape index (κ3) is 7.65. The highest BCUT2D eigenvalue weighted by Gasteiger charge is 2.18. The number of rotatable bonds is 10. The Bertz CT molecular complexity index is 1270. The van der Waals surface area contributed by atoms with Crippen LogP contribution in [0.2, 0.25) is 5.02 Å². The predicted octanol–water partition coefficient (Wildman–Crippen LogP) is 5.91. The Labute approximate surface area is 219 Å². The number of halogens is 1. The van der Waals surface area contributed by atoms with Gasteiger partial charge in [0.25, 0.3) is 0 Å². The van der Waals surface area contributed by atoms with Crippen molar-refractivity contribution in [3.8, 4) is 11.5 Å². The van der Waals surface area contributed by atoms with E-state index in [0.29, 0.717) is 37.2 Å². The quantitative estimate of drug-likeness (QED) is 0.238. The van der Waals surface area contributed by atoms with Gasteiger partial charge in [0, 0.05) is 0 Å². The molecule has 37 heavy (non-hydrogen) atoms. The summed E-state index contributed by atoms with van der Waals surface area (Å²) in [7, 11) is 0. The summed E-state index contributed by atoms with van der Waals surface area (Å²) in [6.07, 6.45) is 1.42. The average molecular weight is 525 g/mol. The number of ether oxygens (including phenoxy) is 4. The normalized spacial score (nSPS) is 10.4. The van der Waals surface area contributed by atoms with Gasteiger partial charge in [-0.3, -0.25) is 0 Å². The van der Waals surface area contributed by atoms with Crippen LogP contribution in [0.15, 0.2) is 66.7 Å². The molecule has 3 aromatic carbocycles. The van der Waals surface area contributed by atoms with Crippen molar-refractivity contribution < 1.29 is 38.1 Å². The molecule has 192 valence electrons. The van der Waals surface area contributed by atoms with Crippen LogP contribution >= 0.6 is 11.6 Å². The average Bonchev–Trinajstić information content (AvgIpc) is 2.91. The van der Waals surface area contributed by atoms with E-state index in [1.54, 1.807) is 0 Å². The van der Waals surface area contributed by atoms with Crippen LogP contribution in [0.1, 0.15) is 68.1 Å². The maximum atomic E-state index is 12.6. The van der Waals surface area contributed by atoms with Crippen molar-refractivity contribution >= 4 is 35.5 Å². The zero-order chi connectivity index (χ0) is 26.8. The maximum Gasteiger partial charge on any atom is 0.345 e. The van der Waals surface area contributed by atoms with Crippen LogP contribution in [0.5, 0.6) is 11.5 Å². The molecule has 0 saturated heterocycles. The minimum Gasteiger partial charge on any atom is -0.462 e. The first-order valence-corrected chi connectivity index (χ1v) is 12.0. The van der Waals surface area contributed by atoms with Crippen LogP contribution in [0, 0.1) is 0 Å². The number of carbonyl (C=O) groups excluding carboxylic acids is 4. The van der Waals surface area contributed by atoms with Gasteiger partial charge in [-0.05, 0) is 79.6 Å². The highest BCUT2D eigenvalue weighted by Crippen LogP contribution is 2.23. The molecule has 0 aliphatic carbocycles. The lowest BCUT2D eigenvalue weighted by molar-refractivity contribution is 0.0496. The van der Waals surface area contributed by atoms with Crippen LogP contribution in [-0.2, 0) is 9.47 Å². The van der Waals surface area contributed by atoms with E-state index in [4.69, 9.17) is 30.5 Å². The molecular formula is C28H25ClO8. The standard InChI is InChI=1S/C28H25ClO8/c1-3-15-34-25(30)18-5-10-21(11-6-18)36-27(32)20-9-14-23(24(29)17-20)28(33)37-22-12-7-19(8-13-22)26(31)35-16-4-2/h5-14,17H,3-4,15-16H2,1-2H3. The molecule has 0 amide bonds. The summed E-state index contributed by atoms with van der Waals surface area (Å²) in [5, 5.41) is -0.00627. The van der Waals surface area contributed by atoms with Gasteiger partial charge in [0.2, 0.25) is 0 Å². The Balaban J connectivity index is 1.61. The fourth-order valence-electron chi connectivity index (χ4n) is 3.01. The lowest BCUT2D eigenvalue weighted by Crippen LogP contribution is -2.12. The van der Waals surface area contributed by atoms with Crippen LogP contribution in [-0.4, -0.2) is 37.1 Å². The number of carbonyl (C=O) groups is 4. The third-order valence-corrected chi connectivity index (χ3v) is 5.21. The first-order valence-electron chi connectivity index (χ1n) is 11.6. The molecule has 9 heteroatoms. The van der Waals surface area contributed by atoms with Gasteiger partial charge in [-0.15, -0.1) is 0 Å². The molecule has 0 fully saturated rings. The van der Waals surface area contributed by atoms with Gasteiger partial charge in [-0.1, -0.05) is 25.4 Å². The Morgan fingerprint density at radius 1 is 0.595 bits per heavy atom. The highest BCUT2D eigenvalue weighted by molar-refractivity contribution is 6.34. The molecule has 0 aliphatic heterocycles. The molecule has 0 unspecified atom stereocenters. The second kappa shape index (κ2) is 13.2. The number of hydrogen-bond donors (Lipinski definition) is 0. The molecule has 0 bridgehead atoms. The summed E-state index contributed by atoms with van der Waals surface area (Å²) in [6, 6.07) is 15.9. The molecule has 0 aliphatic rings. The minimum absolute atomic E-state index is 0.00627. The smallest absolute Gasteiger partial charge is 0.345 e. The summed E-state index contributed by atoms with van der Waals surface area (Å²) in [5.41, 5.74) is 0.827. The van der Waals surface area contributed by atoms with Crippen LogP contribution < -0.4 is 9.47 Å². The van der Waals surface area contributed by atoms with Gasteiger partial charge < -0.3 is 18.9 Å². The fourth-order valence-corrected chi connectivity index (χ4v) is 3.27. The maximum absolute atomic E-state index is 12.6. The Kier molecular flexibility index (Phi) is 9.80. The molecule has 3 rings (SSSR count). The van der Waals surface area contributed by atoms with Crippen molar-refractivity contribution in [3.63, 3.8) is 0 Å². The van der Waals surface area contributed by atoms with Gasteiger partial charge in [0.05, 0.1) is 40.5 Å². The first kappa shape index (κ1) is 27.4. The lowest BCUT2D eigenvalue weighted by atomic mass is 10.1. The van der Waals surface area contributed by atoms with E-state index < -0.39 is 23.9 Å². The zero-order valence-corrected chi connectivity index (χ0v) is 21.1. The molecule has 0 heterocycles. The van der Waals surface area contributed by atoms with Crippen LogP contribution in [0.25, 0.3) is 0 Å². The van der Waals surface area contributed by atoms with E-state index >= 15 is 0 Å². The van der Waals surface area contributed by atoms with Crippen molar-refractivity contribution in [2.75, 3.05) is 13.2 Å². The molecule has 0 aromatic heterocycles. The molecule has 0 atom stereocenters. The van der Waals surface area contributed by atoms with E-state index in [0.717, 1.165) is 0 Å². The van der Waals surface area contributed by atoms with Gasteiger partial charge in [0.15, 0.2) is 0 Å². The van der Waals surface area contributed by atoms with E-state index in [1.165, 1.54) is 66.7 Å². The SMILES string of the molecule is CCCOC(=O)c1ccc(OC(=O)c2ccc(C(=O)Oc3ccc(C(=O)OCCC)cc3)c(Cl)c2)cc1. The van der Waals surface area contributed by atoms with Crippen molar-refractivity contribution in [3.05, 3.63) is 94.0 Å². The minimum atomic E-state index is -0.739. The second-order valence-electron chi connectivity index (χ2n) is 7.79. The summed E-state index contributed by atoms with van der Waals surface area (Å²) in [5.74, 6) is -1.93. The molecule has 0 spiro atoms. The van der Waals surface area contributed by atoms with E-state index in [-0.39, 0.29) is 27.6 Å². The molecular weight excluding hydrogens is 500 g/mol. The lowest BCUT2D eigenvalue weighted by Gasteiger charge is -2.09. The Morgan fingerprint density at radius 2 is 1.03 bits per heavy atom. The van der Waals surface area contributed by atoms with Crippen molar-refractivity contribution in [2.24, 2.45) is 0 Å². The number of benzene rings is 3. The highest BCUT2D eigenvalue weighted by atomic mass is 35.5. The molecule has 8 nitrogen and oxygen atoms in total. The second-order valence-corrected chi connectivity index (χ2v) is 8.20. The molecule has 3 aromatic rings. The predicted molar refractivity (Wildman–Crippen MR) is 135 cm³/mol. The topological polar surface area (TPSA) is 105 Å². The largest absolute Gasteiger partial charge is 0.462 e. The summed E-state index contributed by atoms with van der Waals surface area (Å²) >= 11 is 6.23. The van der Waals surface area contributed by atoms with Gasteiger partial charge in [0.1, 0.15) is 11.5 Å². The molecule has 0 N–H and O–H groups in total. The third-order valence-electron chi connectivity index (χ3n) is 4.90. The number of esters is 4. The zero-order valence-electron chi connectivity index (χ0n) is 20.3. The van der Waals surface area contributed by atoms with E-state index in [2.05, 4.69) is 0 Å². The Hall–Kier alpha value is -4.17. The molecule has 0 saturated carbocycles. The van der Waals surface area contributed by atoms with Gasteiger partial charge >= 0.3 is 23.9 Å². The molecule has 0 radical (unpaired) electrons. The fraction of sp³-hybridized carbons (Fsp3) is 0.214. The van der Waals surface area contributed by atoms with Crippen molar-refractivity contribution in [1.29, 1.82) is 0 Å². The summed E-state index contributed by atoms with van der Waals surface area (Å²) < 4.78 is 20.8. The van der Waals surface area contributed by atoms with Crippen molar-refractivity contribution in [1.82, 2.24) is 0 Å². The summed E-state index contributed by atoms with van der Waals surface area (Å²) in [6.45, 7) is 4.43. The number of hydrogen-bond acceptors (Lipinski definition) is 8. The van der Waals surface area contributed by atoms with Crippen LogP contribution in [0.3, 0.4) is 0 Å². The summed E-state index contributed by atoms with van der Waals surface area (Å²) in [4.78, 5) is 48.8. The first-order chi connectivity index (χ1) is 17.8.